The summed E-state index contributed by atoms with van der Waals surface area (Å²) in [6, 6.07) is 10.3. The lowest BCUT2D eigenvalue weighted by Crippen LogP contribution is -2.27. The first-order valence-electron chi connectivity index (χ1n) is 8.60. The number of benzene rings is 2. The number of hydrogen-bond acceptors (Lipinski definition) is 4. The first kappa shape index (κ1) is 19.1. The third-order valence-electron chi connectivity index (χ3n) is 4.68. The van der Waals surface area contributed by atoms with Crippen LogP contribution in [0.25, 0.3) is 11.0 Å². The maximum atomic E-state index is 12.2. The predicted molar refractivity (Wildman–Crippen MR) is 104 cm³/mol. The molecule has 0 fully saturated rings. The van der Waals surface area contributed by atoms with Gasteiger partial charge in [-0.3, -0.25) is 4.79 Å². The molecule has 0 saturated heterocycles. The molecule has 7 heteroatoms. The monoisotopic (exact) mass is 386 g/mol. The third-order valence-corrected chi connectivity index (χ3v) is 5.61. The van der Waals surface area contributed by atoms with Gasteiger partial charge in [-0.05, 0) is 49.1 Å². The lowest BCUT2D eigenvalue weighted by molar-refractivity contribution is -0.120. The van der Waals surface area contributed by atoms with Crippen molar-refractivity contribution < 1.29 is 17.6 Å². The summed E-state index contributed by atoms with van der Waals surface area (Å²) in [4.78, 5) is 12.3. The molecular formula is C20H22N2O4S. The first-order valence-corrected chi connectivity index (χ1v) is 10.1. The van der Waals surface area contributed by atoms with Crippen molar-refractivity contribution in [3.05, 3.63) is 64.9 Å². The number of hydrogen-bond donors (Lipinski definition) is 2. The van der Waals surface area contributed by atoms with Gasteiger partial charge >= 0.3 is 0 Å². The Hall–Kier alpha value is -2.64. The lowest BCUT2D eigenvalue weighted by Gasteiger charge is -2.06. The molecule has 0 unspecified atom stereocenters. The van der Waals surface area contributed by atoms with Crippen molar-refractivity contribution >= 4 is 26.9 Å². The second kappa shape index (κ2) is 7.54. The van der Waals surface area contributed by atoms with Crippen molar-refractivity contribution in [1.82, 2.24) is 5.32 Å². The number of primary sulfonamides is 1. The van der Waals surface area contributed by atoms with Crippen LogP contribution in [0, 0.1) is 13.8 Å². The van der Waals surface area contributed by atoms with Crippen LogP contribution in [-0.2, 0) is 27.7 Å². The van der Waals surface area contributed by atoms with Gasteiger partial charge in [-0.1, -0.05) is 24.3 Å². The Morgan fingerprint density at radius 3 is 2.48 bits per heavy atom. The second-order valence-electron chi connectivity index (χ2n) is 6.61. The number of sulfonamides is 1. The van der Waals surface area contributed by atoms with Crippen LogP contribution in [0.2, 0.25) is 0 Å². The molecule has 3 rings (SSSR count). The molecule has 0 spiro atoms. The zero-order valence-corrected chi connectivity index (χ0v) is 16.1. The number of amides is 1. The van der Waals surface area contributed by atoms with Gasteiger partial charge in [0.25, 0.3) is 0 Å². The van der Waals surface area contributed by atoms with E-state index in [0.29, 0.717) is 13.0 Å². The van der Waals surface area contributed by atoms with E-state index >= 15 is 0 Å². The van der Waals surface area contributed by atoms with Gasteiger partial charge in [-0.15, -0.1) is 0 Å². The van der Waals surface area contributed by atoms with E-state index in [-0.39, 0.29) is 17.2 Å². The van der Waals surface area contributed by atoms with Crippen LogP contribution in [0.5, 0.6) is 0 Å². The van der Waals surface area contributed by atoms with Gasteiger partial charge in [-0.2, -0.15) is 0 Å². The molecule has 6 nitrogen and oxygen atoms in total. The quantitative estimate of drug-likeness (QED) is 0.680. The SMILES string of the molecule is Cc1ccc2c(CC(=O)NCCc3ccc(S(N)(=O)=O)cc3)coc2c1C. The Bertz CT molecular complexity index is 1080. The zero-order valence-electron chi connectivity index (χ0n) is 15.3. The standard InChI is InChI=1S/C20H22N2O4S/c1-13-3-8-18-16(12-26-20(18)14(13)2)11-19(23)22-10-9-15-4-6-17(7-5-15)27(21,24)25/h3-8,12H,9-11H2,1-2H3,(H,22,23)(H2,21,24,25). The van der Waals surface area contributed by atoms with Crippen molar-refractivity contribution in [2.24, 2.45) is 5.14 Å². The first-order chi connectivity index (χ1) is 12.8. The Kier molecular flexibility index (Phi) is 5.34. The average Bonchev–Trinajstić information content (AvgIpc) is 3.01. The zero-order chi connectivity index (χ0) is 19.6. The minimum absolute atomic E-state index is 0.0765. The third kappa shape index (κ3) is 4.37. The van der Waals surface area contributed by atoms with Crippen LogP contribution in [-0.4, -0.2) is 20.9 Å². The molecule has 3 N–H and O–H groups in total. The van der Waals surface area contributed by atoms with Crippen LogP contribution < -0.4 is 10.5 Å². The highest BCUT2D eigenvalue weighted by Gasteiger charge is 2.13. The molecule has 3 aromatic rings. The summed E-state index contributed by atoms with van der Waals surface area (Å²) in [5.74, 6) is -0.0860. The van der Waals surface area contributed by atoms with Gasteiger partial charge in [0, 0.05) is 17.5 Å². The van der Waals surface area contributed by atoms with Gasteiger partial charge in [0.2, 0.25) is 15.9 Å². The fraction of sp³-hybridized carbons (Fsp3) is 0.250. The van der Waals surface area contributed by atoms with Gasteiger partial charge in [0.05, 0.1) is 17.6 Å². The smallest absolute Gasteiger partial charge is 0.238 e. The Balaban J connectivity index is 1.57. The van der Waals surface area contributed by atoms with E-state index in [2.05, 4.69) is 5.32 Å². The van der Waals surface area contributed by atoms with Crippen molar-refractivity contribution in [1.29, 1.82) is 0 Å². The Morgan fingerprint density at radius 1 is 1.11 bits per heavy atom. The van der Waals surface area contributed by atoms with Crippen LogP contribution in [0.1, 0.15) is 22.3 Å². The minimum atomic E-state index is -3.69. The van der Waals surface area contributed by atoms with E-state index in [0.717, 1.165) is 33.2 Å². The van der Waals surface area contributed by atoms with Crippen LogP contribution in [0.4, 0.5) is 0 Å². The average molecular weight is 386 g/mol. The highest BCUT2D eigenvalue weighted by Crippen LogP contribution is 2.26. The summed E-state index contributed by atoms with van der Waals surface area (Å²) < 4.78 is 28.1. The van der Waals surface area contributed by atoms with E-state index in [4.69, 9.17) is 9.56 Å². The number of carbonyl (C=O) groups is 1. The van der Waals surface area contributed by atoms with Gasteiger partial charge < -0.3 is 9.73 Å². The number of aryl methyl sites for hydroxylation is 2. The molecule has 0 saturated carbocycles. The van der Waals surface area contributed by atoms with Crippen molar-refractivity contribution in [3.8, 4) is 0 Å². The number of nitrogens with one attached hydrogen (secondary N) is 1. The summed E-state index contributed by atoms with van der Waals surface area (Å²) in [6.07, 6.45) is 2.49. The summed E-state index contributed by atoms with van der Waals surface area (Å²) in [5, 5.41) is 8.92. The Labute approximate surface area is 158 Å². The number of rotatable bonds is 6. The summed E-state index contributed by atoms with van der Waals surface area (Å²) in [5.41, 5.74) is 4.85. The van der Waals surface area contributed by atoms with E-state index in [9.17, 15) is 13.2 Å². The van der Waals surface area contributed by atoms with Crippen molar-refractivity contribution in [3.63, 3.8) is 0 Å². The number of fused-ring (bicyclic) bond motifs is 1. The molecule has 0 aliphatic carbocycles. The fourth-order valence-corrected chi connectivity index (χ4v) is 3.47. The molecule has 0 aliphatic heterocycles. The Morgan fingerprint density at radius 2 is 1.81 bits per heavy atom. The predicted octanol–water partition coefficient (Wildman–Crippen LogP) is 2.60. The summed E-state index contributed by atoms with van der Waals surface area (Å²) in [6.45, 7) is 4.49. The molecule has 1 amide bonds. The number of furan rings is 1. The highest BCUT2D eigenvalue weighted by molar-refractivity contribution is 7.89. The maximum Gasteiger partial charge on any atom is 0.238 e. The van der Waals surface area contributed by atoms with Crippen LogP contribution in [0.15, 0.2) is 52.0 Å². The van der Waals surface area contributed by atoms with Gasteiger partial charge in [-0.25, -0.2) is 13.6 Å². The van der Waals surface area contributed by atoms with Gasteiger partial charge in [0.1, 0.15) is 5.58 Å². The summed E-state index contributed by atoms with van der Waals surface area (Å²) in [7, 11) is -3.69. The fourth-order valence-electron chi connectivity index (χ4n) is 2.95. The highest BCUT2D eigenvalue weighted by atomic mass is 32.2. The second-order valence-corrected chi connectivity index (χ2v) is 8.17. The maximum absolute atomic E-state index is 12.2. The van der Waals surface area contributed by atoms with Crippen molar-refractivity contribution in [2.45, 2.75) is 31.6 Å². The molecule has 0 radical (unpaired) electrons. The molecule has 27 heavy (non-hydrogen) atoms. The largest absolute Gasteiger partial charge is 0.464 e. The van der Waals surface area contributed by atoms with Gasteiger partial charge in [0.15, 0.2) is 0 Å². The molecule has 0 aliphatic rings. The van der Waals surface area contributed by atoms with E-state index in [1.807, 2.05) is 26.0 Å². The molecule has 0 bridgehead atoms. The van der Waals surface area contributed by atoms with Crippen LogP contribution in [0.3, 0.4) is 0 Å². The molecule has 1 aromatic heterocycles. The normalized spacial score (nSPS) is 11.7. The summed E-state index contributed by atoms with van der Waals surface area (Å²) >= 11 is 0. The molecule has 142 valence electrons. The molecule has 2 aromatic carbocycles. The number of carbonyl (C=O) groups excluding carboxylic acids is 1. The molecule has 0 atom stereocenters. The minimum Gasteiger partial charge on any atom is -0.464 e. The topological polar surface area (TPSA) is 102 Å². The van der Waals surface area contributed by atoms with E-state index < -0.39 is 10.0 Å². The number of nitrogens with two attached hydrogens (primary N) is 1. The molecule has 1 heterocycles. The van der Waals surface area contributed by atoms with E-state index in [1.54, 1.807) is 18.4 Å². The lowest BCUT2D eigenvalue weighted by atomic mass is 10.0. The van der Waals surface area contributed by atoms with Crippen LogP contribution >= 0.6 is 0 Å². The molecular weight excluding hydrogens is 364 g/mol. The van der Waals surface area contributed by atoms with E-state index in [1.165, 1.54) is 12.1 Å². The van der Waals surface area contributed by atoms with Crippen molar-refractivity contribution in [2.75, 3.05) is 6.54 Å².